The summed E-state index contributed by atoms with van der Waals surface area (Å²) in [5.74, 6) is -0.177. The SMILES string of the molecule is CCc1nnc(NC(=O)c2cccc(C)c2Br)s1. The number of hydrogen-bond acceptors (Lipinski definition) is 4. The third-order valence-electron chi connectivity index (χ3n) is 2.43. The summed E-state index contributed by atoms with van der Waals surface area (Å²) in [5, 5.41) is 12.1. The average Bonchev–Trinajstić information content (AvgIpc) is 2.80. The number of aryl methyl sites for hydroxylation is 2. The summed E-state index contributed by atoms with van der Waals surface area (Å²) in [6.45, 7) is 3.95. The Bertz CT molecular complexity index is 582. The summed E-state index contributed by atoms with van der Waals surface area (Å²) in [5.41, 5.74) is 1.62. The van der Waals surface area contributed by atoms with E-state index in [2.05, 4.69) is 31.4 Å². The molecular formula is C12H12BrN3OS. The van der Waals surface area contributed by atoms with Crippen molar-refractivity contribution in [2.75, 3.05) is 5.32 Å². The van der Waals surface area contributed by atoms with Gasteiger partial charge in [0.15, 0.2) is 0 Å². The van der Waals surface area contributed by atoms with Gasteiger partial charge in [0, 0.05) is 4.47 Å². The number of nitrogens with zero attached hydrogens (tertiary/aromatic N) is 2. The van der Waals surface area contributed by atoms with Crippen molar-refractivity contribution in [3.8, 4) is 0 Å². The molecule has 0 radical (unpaired) electrons. The van der Waals surface area contributed by atoms with E-state index in [4.69, 9.17) is 0 Å². The minimum Gasteiger partial charge on any atom is -0.296 e. The lowest BCUT2D eigenvalue weighted by Gasteiger charge is -2.05. The molecule has 0 atom stereocenters. The third-order valence-corrected chi connectivity index (χ3v) is 4.46. The van der Waals surface area contributed by atoms with Crippen LogP contribution < -0.4 is 5.32 Å². The molecule has 0 fully saturated rings. The smallest absolute Gasteiger partial charge is 0.258 e. The quantitative estimate of drug-likeness (QED) is 0.940. The predicted octanol–water partition coefficient (Wildman–Crippen LogP) is 3.42. The van der Waals surface area contributed by atoms with E-state index < -0.39 is 0 Å². The van der Waals surface area contributed by atoms with Gasteiger partial charge >= 0.3 is 0 Å². The Morgan fingerprint density at radius 3 is 2.89 bits per heavy atom. The Balaban J connectivity index is 2.19. The maximum absolute atomic E-state index is 12.1. The Labute approximate surface area is 118 Å². The van der Waals surface area contributed by atoms with Crippen LogP contribution in [0.15, 0.2) is 22.7 Å². The van der Waals surface area contributed by atoms with Crippen LogP contribution in [0.5, 0.6) is 0 Å². The maximum Gasteiger partial charge on any atom is 0.258 e. The van der Waals surface area contributed by atoms with E-state index in [0.29, 0.717) is 10.7 Å². The molecule has 1 amide bonds. The van der Waals surface area contributed by atoms with Crippen molar-refractivity contribution < 1.29 is 4.79 Å². The van der Waals surface area contributed by atoms with Crippen molar-refractivity contribution >= 4 is 38.3 Å². The number of carbonyl (C=O) groups is 1. The zero-order chi connectivity index (χ0) is 13.1. The van der Waals surface area contributed by atoms with Crippen molar-refractivity contribution in [2.45, 2.75) is 20.3 Å². The molecule has 2 aromatic rings. The number of benzene rings is 1. The van der Waals surface area contributed by atoms with Gasteiger partial charge in [-0.3, -0.25) is 10.1 Å². The number of amides is 1. The highest BCUT2D eigenvalue weighted by molar-refractivity contribution is 9.10. The molecule has 4 nitrogen and oxygen atoms in total. The van der Waals surface area contributed by atoms with Gasteiger partial charge in [-0.2, -0.15) is 0 Å². The molecule has 0 bridgehead atoms. The average molecular weight is 326 g/mol. The highest BCUT2D eigenvalue weighted by Gasteiger charge is 2.13. The summed E-state index contributed by atoms with van der Waals surface area (Å²) < 4.78 is 0.808. The van der Waals surface area contributed by atoms with Crippen LogP contribution in [0.4, 0.5) is 5.13 Å². The van der Waals surface area contributed by atoms with Gasteiger partial charge in [0.05, 0.1) is 5.56 Å². The van der Waals surface area contributed by atoms with Crippen molar-refractivity contribution in [1.82, 2.24) is 10.2 Å². The predicted molar refractivity (Wildman–Crippen MR) is 76.1 cm³/mol. The fraction of sp³-hybridized carbons (Fsp3) is 0.250. The van der Waals surface area contributed by atoms with Gasteiger partial charge in [0.2, 0.25) is 5.13 Å². The van der Waals surface area contributed by atoms with Gasteiger partial charge in [-0.05, 0) is 40.9 Å². The number of carbonyl (C=O) groups excluding carboxylic acids is 1. The van der Waals surface area contributed by atoms with E-state index in [1.807, 2.05) is 26.0 Å². The summed E-state index contributed by atoms with van der Waals surface area (Å²) in [7, 11) is 0. The Morgan fingerprint density at radius 2 is 2.22 bits per heavy atom. The molecule has 1 aromatic carbocycles. The van der Waals surface area contributed by atoms with Crippen LogP contribution in [0.25, 0.3) is 0 Å². The summed E-state index contributed by atoms with van der Waals surface area (Å²) in [6, 6.07) is 5.57. The first-order valence-electron chi connectivity index (χ1n) is 5.50. The van der Waals surface area contributed by atoms with Gasteiger partial charge in [-0.15, -0.1) is 10.2 Å². The van der Waals surface area contributed by atoms with Crippen LogP contribution >= 0.6 is 27.3 Å². The van der Waals surface area contributed by atoms with Gasteiger partial charge in [0.25, 0.3) is 5.91 Å². The second kappa shape index (κ2) is 5.58. The highest BCUT2D eigenvalue weighted by atomic mass is 79.9. The number of rotatable bonds is 3. The van der Waals surface area contributed by atoms with E-state index >= 15 is 0 Å². The minimum absolute atomic E-state index is 0.177. The molecule has 0 aliphatic rings. The van der Waals surface area contributed by atoms with Crippen LogP contribution in [0.2, 0.25) is 0 Å². The van der Waals surface area contributed by atoms with Crippen LogP contribution in [0, 0.1) is 6.92 Å². The third kappa shape index (κ3) is 2.76. The molecule has 0 spiro atoms. The zero-order valence-electron chi connectivity index (χ0n) is 10.0. The first-order chi connectivity index (χ1) is 8.61. The number of nitrogens with one attached hydrogen (secondary N) is 1. The van der Waals surface area contributed by atoms with Gasteiger partial charge < -0.3 is 0 Å². The number of aromatic nitrogens is 2. The lowest BCUT2D eigenvalue weighted by atomic mass is 10.1. The van der Waals surface area contributed by atoms with Gasteiger partial charge in [0.1, 0.15) is 5.01 Å². The molecule has 18 heavy (non-hydrogen) atoms. The fourth-order valence-corrected chi connectivity index (χ4v) is 2.55. The molecule has 94 valence electrons. The van der Waals surface area contributed by atoms with E-state index in [0.717, 1.165) is 21.5 Å². The maximum atomic E-state index is 12.1. The number of halogens is 1. The molecular weight excluding hydrogens is 314 g/mol. The first kappa shape index (κ1) is 13.2. The fourth-order valence-electron chi connectivity index (χ4n) is 1.43. The molecule has 1 aromatic heterocycles. The van der Waals surface area contributed by atoms with Crippen molar-refractivity contribution in [2.24, 2.45) is 0 Å². The molecule has 1 N–H and O–H groups in total. The van der Waals surface area contributed by atoms with Crippen molar-refractivity contribution in [3.63, 3.8) is 0 Å². The van der Waals surface area contributed by atoms with E-state index in [1.165, 1.54) is 11.3 Å². The Kier molecular flexibility index (Phi) is 4.08. The summed E-state index contributed by atoms with van der Waals surface area (Å²) in [6.07, 6.45) is 0.821. The van der Waals surface area contributed by atoms with Gasteiger partial charge in [-0.1, -0.05) is 30.4 Å². The molecule has 0 saturated carbocycles. The molecule has 0 saturated heterocycles. The Morgan fingerprint density at radius 1 is 1.44 bits per heavy atom. The van der Waals surface area contributed by atoms with Crippen molar-refractivity contribution in [3.05, 3.63) is 38.8 Å². The molecule has 0 aliphatic heterocycles. The molecule has 1 heterocycles. The molecule has 2 rings (SSSR count). The second-order valence-electron chi connectivity index (χ2n) is 3.75. The Hall–Kier alpha value is -1.27. The van der Waals surface area contributed by atoms with Crippen LogP contribution in [-0.4, -0.2) is 16.1 Å². The zero-order valence-corrected chi connectivity index (χ0v) is 12.4. The summed E-state index contributed by atoms with van der Waals surface area (Å²) >= 11 is 4.82. The van der Waals surface area contributed by atoms with Crippen LogP contribution in [0.3, 0.4) is 0 Å². The lowest BCUT2D eigenvalue weighted by Crippen LogP contribution is -2.12. The molecule has 0 aliphatic carbocycles. The standard InChI is InChI=1S/C12H12BrN3OS/c1-3-9-15-16-12(18-9)14-11(17)8-6-4-5-7(2)10(8)13/h4-6H,3H2,1-2H3,(H,14,16,17). The normalized spacial score (nSPS) is 10.4. The summed E-state index contributed by atoms with van der Waals surface area (Å²) in [4.78, 5) is 12.1. The molecule has 6 heteroatoms. The first-order valence-corrected chi connectivity index (χ1v) is 7.11. The highest BCUT2D eigenvalue weighted by Crippen LogP contribution is 2.23. The van der Waals surface area contributed by atoms with E-state index in [1.54, 1.807) is 6.07 Å². The number of anilines is 1. The van der Waals surface area contributed by atoms with E-state index in [9.17, 15) is 4.79 Å². The van der Waals surface area contributed by atoms with E-state index in [-0.39, 0.29) is 5.91 Å². The minimum atomic E-state index is -0.177. The number of hydrogen-bond donors (Lipinski definition) is 1. The monoisotopic (exact) mass is 325 g/mol. The molecule has 0 unspecified atom stereocenters. The van der Waals surface area contributed by atoms with Crippen molar-refractivity contribution in [1.29, 1.82) is 0 Å². The van der Waals surface area contributed by atoms with Gasteiger partial charge in [-0.25, -0.2) is 0 Å². The largest absolute Gasteiger partial charge is 0.296 e. The topological polar surface area (TPSA) is 54.9 Å². The lowest BCUT2D eigenvalue weighted by molar-refractivity contribution is 0.102. The second-order valence-corrected chi connectivity index (χ2v) is 5.60. The van der Waals surface area contributed by atoms with Crippen LogP contribution in [-0.2, 0) is 6.42 Å². The van der Waals surface area contributed by atoms with Crippen LogP contribution in [0.1, 0.15) is 27.9 Å².